The highest BCUT2D eigenvalue weighted by Crippen LogP contribution is 2.48. The lowest BCUT2D eigenvalue weighted by Crippen LogP contribution is -2.50. The van der Waals surface area contributed by atoms with Gasteiger partial charge in [-0.05, 0) is 31.1 Å². The molecule has 4 atom stereocenters. The molecule has 0 saturated heterocycles. The Labute approximate surface area is 111 Å². The summed E-state index contributed by atoms with van der Waals surface area (Å²) in [5.41, 5.74) is 4.44. The van der Waals surface area contributed by atoms with Crippen LogP contribution in [-0.4, -0.2) is 35.5 Å². The lowest BCUT2D eigenvalue weighted by Gasteiger charge is -2.28. The van der Waals surface area contributed by atoms with Gasteiger partial charge in [0, 0.05) is 13.0 Å². The lowest BCUT2D eigenvalue weighted by atomic mass is 9.84. The molecule has 0 spiro atoms. The van der Waals surface area contributed by atoms with E-state index in [4.69, 9.17) is 0 Å². The number of nitrogens with one attached hydrogen (secondary N) is 3. The minimum atomic E-state index is -0.785. The summed E-state index contributed by atoms with van der Waals surface area (Å²) in [6, 6.07) is -0.140. The molecule has 0 aromatic rings. The maximum Gasteiger partial charge on any atom is 0.308 e. The summed E-state index contributed by atoms with van der Waals surface area (Å²) in [5.74, 6) is -1.32. The quantitative estimate of drug-likeness (QED) is 0.502. The van der Waals surface area contributed by atoms with E-state index < -0.39 is 11.9 Å². The Morgan fingerprint density at radius 2 is 1.84 bits per heavy atom. The van der Waals surface area contributed by atoms with E-state index in [1.165, 1.54) is 6.92 Å². The second-order valence-corrected chi connectivity index (χ2v) is 5.33. The molecular formula is C12H19N3O4. The Kier molecular flexibility index (Phi) is 4.04. The monoisotopic (exact) mass is 269 g/mol. The minimum Gasteiger partial charge on any atom is -0.481 e. The number of carboxylic acids is 1. The largest absolute Gasteiger partial charge is 0.481 e. The molecule has 2 aliphatic rings. The highest BCUT2D eigenvalue weighted by Gasteiger charge is 2.50. The second-order valence-electron chi connectivity index (χ2n) is 5.33. The van der Waals surface area contributed by atoms with Crippen molar-refractivity contribution in [3.63, 3.8) is 0 Å². The van der Waals surface area contributed by atoms with Crippen molar-refractivity contribution in [1.82, 2.24) is 16.2 Å². The molecule has 0 aromatic carbocycles. The van der Waals surface area contributed by atoms with Crippen LogP contribution in [-0.2, 0) is 14.4 Å². The average Bonchev–Trinajstić information content (AvgIpc) is 2.93. The fourth-order valence-electron chi connectivity index (χ4n) is 3.35. The van der Waals surface area contributed by atoms with Crippen LogP contribution in [0.1, 0.15) is 26.2 Å². The highest BCUT2D eigenvalue weighted by atomic mass is 16.4. The van der Waals surface area contributed by atoms with E-state index >= 15 is 0 Å². The van der Waals surface area contributed by atoms with Crippen molar-refractivity contribution >= 4 is 17.8 Å². The van der Waals surface area contributed by atoms with Crippen LogP contribution in [0.25, 0.3) is 0 Å². The van der Waals surface area contributed by atoms with Crippen molar-refractivity contribution in [3.05, 3.63) is 0 Å². The maximum atomic E-state index is 11.5. The number of hydrazine groups is 1. The molecule has 2 bridgehead atoms. The maximum absolute atomic E-state index is 11.5. The van der Waals surface area contributed by atoms with Crippen molar-refractivity contribution in [2.45, 2.75) is 32.2 Å². The van der Waals surface area contributed by atoms with Gasteiger partial charge < -0.3 is 10.4 Å². The number of fused-ring (bicyclic) bond motifs is 2. The zero-order chi connectivity index (χ0) is 14.0. The van der Waals surface area contributed by atoms with Crippen LogP contribution in [0.2, 0.25) is 0 Å². The number of carbonyl (C=O) groups is 3. The second kappa shape index (κ2) is 5.56. The predicted molar refractivity (Wildman–Crippen MR) is 65.7 cm³/mol. The summed E-state index contributed by atoms with van der Waals surface area (Å²) in [5, 5.41) is 12.3. The number of aliphatic carboxylic acids is 1. The van der Waals surface area contributed by atoms with Crippen molar-refractivity contribution in [3.8, 4) is 0 Å². The van der Waals surface area contributed by atoms with Crippen molar-refractivity contribution in [2.75, 3.05) is 6.54 Å². The van der Waals surface area contributed by atoms with Gasteiger partial charge in [-0.25, -0.2) is 0 Å². The van der Waals surface area contributed by atoms with Crippen LogP contribution in [0.15, 0.2) is 0 Å². The van der Waals surface area contributed by atoms with Gasteiger partial charge in [0.15, 0.2) is 0 Å². The third kappa shape index (κ3) is 3.04. The van der Waals surface area contributed by atoms with Gasteiger partial charge in [-0.3, -0.25) is 25.2 Å². The van der Waals surface area contributed by atoms with Gasteiger partial charge in [0.1, 0.15) is 0 Å². The van der Waals surface area contributed by atoms with E-state index in [0.29, 0.717) is 5.92 Å². The van der Waals surface area contributed by atoms with Crippen molar-refractivity contribution in [2.24, 2.45) is 17.8 Å². The molecule has 2 fully saturated rings. The van der Waals surface area contributed by atoms with Gasteiger partial charge in [-0.1, -0.05) is 0 Å². The van der Waals surface area contributed by atoms with Gasteiger partial charge in [-0.15, -0.1) is 0 Å². The molecule has 2 amide bonds. The van der Waals surface area contributed by atoms with E-state index in [-0.39, 0.29) is 30.3 Å². The number of rotatable bonds is 4. The molecule has 0 heterocycles. The molecule has 2 saturated carbocycles. The number of hydrogen-bond acceptors (Lipinski definition) is 4. The summed E-state index contributed by atoms with van der Waals surface area (Å²) in [6.07, 6.45) is 2.93. The number of carbonyl (C=O) groups excluding carboxylic acids is 2. The Hall–Kier alpha value is -1.63. The van der Waals surface area contributed by atoms with E-state index in [9.17, 15) is 19.5 Å². The Morgan fingerprint density at radius 1 is 1.16 bits per heavy atom. The first-order valence-corrected chi connectivity index (χ1v) is 6.50. The topological polar surface area (TPSA) is 108 Å². The van der Waals surface area contributed by atoms with E-state index in [0.717, 1.165) is 19.3 Å². The van der Waals surface area contributed by atoms with Gasteiger partial charge in [0.25, 0.3) is 5.91 Å². The number of carboxylic acid groups (broad SMARTS) is 1. The van der Waals surface area contributed by atoms with Crippen LogP contribution >= 0.6 is 0 Å². The van der Waals surface area contributed by atoms with E-state index in [1.54, 1.807) is 0 Å². The SMILES string of the molecule is CC(=O)NNC(=O)CNC1C2CCC(C2)C1C(=O)O. The molecule has 19 heavy (non-hydrogen) atoms. The summed E-state index contributed by atoms with van der Waals surface area (Å²) in [6.45, 7) is 1.31. The smallest absolute Gasteiger partial charge is 0.308 e. The molecule has 0 radical (unpaired) electrons. The molecule has 4 unspecified atom stereocenters. The first kappa shape index (κ1) is 13.8. The first-order chi connectivity index (χ1) is 8.99. The summed E-state index contributed by atoms with van der Waals surface area (Å²) in [7, 11) is 0. The predicted octanol–water partition coefficient (Wildman–Crippen LogP) is -0.757. The van der Waals surface area contributed by atoms with Crippen LogP contribution in [0.4, 0.5) is 0 Å². The van der Waals surface area contributed by atoms with E-state index in [2.05, 4.69) is 16.2 Å². The normalized spacial score (nSPS) is 32.1. The molecule has 106 valence electrons. The zero-order valence-electron chi connectivity index (χ0n) is 10.8. The van der Waals surface area contributed by atoms with Crippen LogP contribution < -0.4 is 16.2 Å². The fraction of sp³-hybridized carbons (Fsp3) is 0.750. The molecule has 7 nitrogen and oxygen atoms in total. The van der Waals surface area contributed by atoms with Crippen LogP contribution in [0.5, 0.6) is 0 Å². The Morgan fingerprint density at radius 3 is 2.47 bits per heavy atom. The number of hydrogen-bond donors (Lipinski definition) is 4. The molecular weight excluding hydrogens is 250 g/mol. The van der Waals surface area contributed by atoms with Crippen molar-refractivity contribution in [1.29, 1.82) is 0 Å². The molecule has 0 aromatic heterocycles. The molecule has 2 aliphatic carbocycles. The molecule has 7 heteroatoms. The highest BCUT2D eigenvalue weighted by molar-refractivity contribution is 5.82. The van der Waals surface area contributed by atoms with Gasteiger partial charge in [0.05, 0.1) is 12.5 Å². The van der Waals surface area contributed by atoms with Gasteiger partial charge >= 0.3 is 5.97 Å². The Balaban J connectivity index is 1.83. The minimum absolute atomic E-state index is 0.0119. The summed E-state index contributed by atoms with van der Waals surface area (Å²) >= 11 is 0. The third-order valence-corrected chi connectivity index (χ3v) is 4.08. The fourth-order valence-corrected chi connectivity index (χ4v) is 3.35. The third-order valence-electron chi connectivity index (χ3n) is 4.08. The summed E-state index contributed by atoms with van der Waals surface area (Å²) < 4.78 is 0. The standard InChI is InChI=1S/C12H19N3O4/c1-6(16)14-15-9(17)5-13-11-8-3-2-7(4-8)10(11)12(18)19/h7-8,10-11,13H,2-5H2,1H3,(H,14,16)(H,15,17)(H,18,19). The van der Waals surface area contributed by atoms with Gasteiger partial charge in [0.2, 0.25) is 5.91 Å². The van der Waals surface area contributed by atoms with Crippen LogP contribution in [0, 0.1) is 17.8 Å². The van der Waals surface area contributed by atoms with Crippen LogP contribution in [0.3, 0.4) is 0 Å². The summed E-state index contributed by atoms with van der Waals surface area (Å²) in [4.78, 5) is 33.3. The lowest BCUT2D eigenvalue weighted by molar-refractivity contribution is -0.144. The first-order valence-electron chi connectivity index (χ1n) is 6.50. The van der Waals surface area contributed by atoms with Crippen molar-refractivity contribution < 1.29 is 19.5 Å². The number of amides is 2. The van der Waals surface area contributed by atoms with Gasteiger partial charge in [-0.2, -0.15) is 0 Å². The Bertz CT molecular complexity index is 398. The average molecular weight is 269 g/mol. The van der Waals surface area contributed by atoms with E-state index in [1.807, 2.05) is 0 Å². The zero-order valence-corrected chi connectivity index (χ0v) is 10.8. The molecule has 0 aliphatic heterocycles. The molecule has 4 N–H and O–H groups in total. The molecule has 2 rings (SSSR count).